The molecule has 1 atom stereocenters. The van der Waals surface area contributed by atoms with Gasteiger partial charge in [-0.3, -0.25) is 4.79 Å². The van der Waals surface area contributed by atoms with E-state index in [1.54, 1.807) is 18.3 Å². The third-order valence-corrected chi connectivity index (χ3v) is 7.10. The summed E-state index contributed by atoms with van der Waals surface area (Å²) in [6.07, 6.45) is 2.40. The van der Waals surface area contributed by atoms with E-state index < -0.39 is 0 Å². The molecule has 1 aromatic heterocycles. The van der Waals surface area contributed by atoms with Gasteiger partial charge in [0.05, 0.1) is 41.5 Å². The van der Waals surface area contributed by atoms with Gasteiger partial charge in [0.2, 0.25) is 0 Å². The molecule has 0 aliphatic heterocycles. The first-order chi connectivity index (χ1) is 19.7. The van der Waals surface area contributed by atoms with Crippen LogP contribution in [0.25, 0.3) is 22.3 Å². The topological polar surface area (TPSA) is 74.9 Å². The molecule has 4 rings (SSSR count). The minimum Gasteiger partial charge on any atom is -0.494 e. The quantitative estimate of drug-likeness (QED) is 0.169. The Kier molecular flexibility index (Phi) is 9.71. The number of halogens is 1. The number of benzene rings is 3. The Morgan fingerprint density at radius 2 is 1.71 bits per heavy atom. The van der Waals surface area contributed by atoms with Crippen molar-refractivity contribution in [1.82, 2.24) is 9.66 Å². The molecule has 0 aliphatic carbocycles. The van der Waals surface area contributed by atoms with E-state index in [4.69, 9.17) is 30.8 Å². The molecule has 7 nitrogen and oxygen atoms in total. The lowest BCUT2D eigenvalue weighted by atomic mass is 9.96. The maximum Gasteiger partial charge on any atom is 0.282 e. The fourth-order valence-corrected chi connectivity index (χ4v) is 4.79. The number of hydrogen-bond donors (Lipinski definition) is 0. The molecule has 41 heavy (non-hydrogen) atoms. The molecule has 216 valence electrons. The summed E-state index contributed by atoms with van der Waals surface area (Å²) in [6, 6.07) is 14.9. The smallest absolute Gasteiger partial charge is 0.282 e. The lowest BCUT2D eigenvalue weighted by Crippen LogP contribution is -2.21. The van der Waals surface area contributed by atoms with E-state index in [9.17, 15) is 4.79 Å². The molecule has 0 fully saturated rings. The standard InChI is InChI=1S/C33H38ClN3O4/c1-8-22(7)41-31-27(34)16-23(17-30(31)40-10-3)19-35-37-32(36-28-14-12-11-13-24(28)33(37)38)26-18-25(20(4)5)29(39-9-2)15-21(26)6/h11-20,22H,8-10H2,1-7H3/t22-/m0/s1. The lowest BCUT2D eigenvalue weighted by Gasteiger charge is -2.18. The Hall–Kier alpha value is -3.84. The zero-order valence-electron chi connectivity index (χ0n) is 24.8. The third kappa shape index (κ3) is 6.57. The number of para-hydroxylation sites is 1. The van der Waals surface area contributed by atoms with Crippen LogP contribution >= 0.6 is 11.6 Å². The van der Waals surface area contributed by atoms with Crippen molar-refractivity contribution in [3.05, 3.63) is 80.6 Å². The van der Waals surface area contributed by atoms with Gasteiger partial charge >= 0.3 is 0 Å². The number of nitrogens with zero attached hydrogens (tertiary/aromatic N) is 3. The molecule has 0 amide bonds. The molecule has 0 bridgehead atoms. The van der Waals surface area contributed by atoms with Crippen LogP contribution < -0.4 is 19.8 Å². The second-order valence-corrected chi connectivity index (χ2v) is 10.6. The molecule has 0 unspecified atom stereocenters. The van der Waals surface area contributed by atoms with E-state index >= 15 is 0 Å². The monoisotopic (exact) mass is 575 g/mol. The molecular formula is C33H38ClN3O4. The van der Waals surface area contributed by atoms with E-state index in [1.165, 1.54) is 4.68 Å². The highest BCUT2D eigenvalue weighted by atomic mass is 35.5. The van der Waals surface area contributed by atoms with Crippen LogP contribution in [0.4, 0.5) is 0 Å². The number of ether oxygens (including phenoxy) is 3. The average Bonchev–Trinajstić information content (AvgIpc) is 2.94. The van der Waals surface area contributed by atoms with Gasteiger partial charge in [0.1, 0.15) is 5.75 Å². The molecule has 0 saturated heterocycles. The third-order valence-electron chi connectivity index (χ3n) is 6.82. The Labute approximate surface area is 246 Å². The van der Waals surface area contributed by atoms with Gasteiger partial charge in [-0.1, -0.05) is 44.5 Å². The van der Waals surface area contributed by atoms with Gasteiger partial charge in [0, 0.05) is 5.56 Å². The first kappa shape index (κ1) is 30.1. The SMILES string of the molecule is CCOc1cc(C)c(-c2nc3ccccc3c(=O)n2N=Cc2cc(Cl)c(O[C@@H](C)CC)c(OCC)c2)cc1C(C)C. The summed E-state index contributed by atoms with van der Waals surface area (Å²) < 4.78 is 19.2. The van der Waals surface area contributed by atoms with E-state index in [2.05, 4.69) is 25.0 Å². The van der Waals surface area contributed by atoms with Crippen LogP contribution in [0, 0.1) is 6.92 Å². The normalized spacial score (nSPS) is 12.3. The lowest BCUT2D eigenvalue weighted by molar-refractivity contribution is 0.203. The Balaban J connectivity index is 1.91. The largest absolute Gasteiger partial charge is 0.494 e. The maximum atomic E-state index is 13.8. The number of rotatable bonds is 11. The van der Waals surface area contributed by atoms with Crippen LogP contribution in [0.15, 0.2) is 58.4 Å². The van der Waals surface area contributed by atoms with Gasteiger partial charge in [0.25, 0.3) is 5.56 Å². The van der Waals surface area contributed by atoms with Crippen molar-refractivity contribution < 1.29 is 14.2 Å². The van der Waals surface area contributed by atoms with Crippen LogP contribution in [-0.2, 0) is 0 Å². The number of aryl methyl sites for hydroxylation is 1. The summed E-state index contributed by atoms with van der Waals surface area (Å²) in [5.74, 6) is 2.50. The number of fused-ring (bicyclic) bond motifs is 1. The van der Waals surface area contributed by atoms with Crippen molar-refractivity contribution in [2.75, 3.05) is 13.2 Å². The van der Waals surface area contributed by atoms with Gasteiger partial charge in [0.15, 0.2) is 17.3 Å². The number of aromatic nitrogens is 2. The second kappa shape index (κ2) is 13.2. The van der Waals surface area contributed by atoms with E-state index in [0.717, 1.165) is 28.9 Å². The van der Waals surface area contributed by atoms with Crippen molar-refractivity contribution in [3.8, 4) is 28.6 Å². The molecule has 0 aliphatic rings. The molecule has 4 aromatic rings. The summed E-state index contributed by atoms with van der Waals surface area (Å²) in [4.78, 5) is 18.7. The maximum absolute atomic E-state index is 13.8. The fraction of sp³-hybridized carbons (Fsp3) is 0.364. The van der Waals surface area contributed by atoms with Gasteiger partial charge in [-0.05, 0) is 93.1 Å². The molecule has 0 radical (unpaired) electrons. The Bertz CT molecular complexity index is 1630. The van der Waals surface area contributed by atoms with Gasteiger partial charge in [-0.15, -0.1) is 0 Å². The molecular weight excluding hydrogens is 538 g/mol. The van der Waals surface area contributed by atoms with E-state index in [1.807, 2.05) is 65.0 Å². The Morgan fingerprint density at radius 3 is 2.39 bits per heavy atom. The second-order valence-electron chi connectivity index (χ2n) is 10.2. The van der Waals surface area contributed by atoms with Crippen LogP contribution in [-0.4, -0.2) is 35.2 Å². The molecule has 1 heterocycles. The Morgan fingerprint density at radius 1 is 1.00 bits per heavy atom. The molecule has 0 N–H and O–H groups in total. The minimum atomic E-state index is -0.269. The van der Waals surface area contributed by atoms with Crippen LogP contribution in [0.1, 0.15) is 70.6 Å². The summed E-state index contributed by atoms with van der Waals surface area (Å²) in [5.41, 5.74) is 3.77. The predicted molar refractivity (Wildman–Crippen MR) is 167 cm³/mol. The first-order valence-electron chi connectivity index (χ1n) is 14.1. The highest BCUT2D eigenvalue weighted by molar-refractivity contribution is 6.32. The van der Waals surface area contributed by atoms with Crippen LogP contribution in [0.3, 0.4) is 0 Å². The zero-order valence-corrected chi connectivity index (χ0v) is 25.6. The predicted octanol–water partition coefficient (Wildman–Crippen LogP) is 8.01. The highest BCUT2D eigenvalue weighted by Gasteiger charge is 2.19. The van der Waals surface area contributed by atoms with E-state index in [-0.39, 0.29) is 17.6 Å². The van der Waals surface area contributed by atoms with Crippen molar-refractivity contribution in [1.29, 1.82) is 0 Å². The first-order valence-corrected chi connectivity index (χ1v) is 14.5. The summed E-state index contributed by atoms with van der Waals surface area (Å²) in [5, 5.41) is 5.54. The summed E-state index contributed by atoms with van der Waals surface area (Å²) in [7, 11) is 0. The van der Waals surface area contributed by atoms with Crippen molar-refractivity contribution in [2.45, 2.75) is 66.9 Å². The van der Waals surface area contributed by atoms with E-state index in [0.29, 0.717) is 52.0 Å². The van der Waals surface area contributed by atoms with Crippen molar-refractivity contribution in [3.63, 3.8) is 0 Å². The zero-order chi connectivity index (χ0) is 29.7. The van der Waals surface area contributed by atoms with Gasteiger partial charge in [-0.2, -0.15) is 9.78 Å². The number of hydrogen-bond acceptors (Lipinski definition) is 6. The average molecular weight is 576 g/mol. The van der Waals surface area contributed by atoms with Gasteiger partial charge in [-0.25, -0.2) is 4.98 Å². The fourth-order valence-electron chi connectivity index (χ4n) is 4.52. The molecule has 0 saturated carbocycles. The minimum absolute atomic E-state index is 0.0240. The highest BCUT2D eigenvalue weighted by Crippen LogP contribution is 2.38. The van der Waals surface area contributed by atoms with Crippen molar-refractivity contribution in [2.24, 2.45) is 5.10 Å². The van der Waals surface area contributed by atoms with Crippen LogP contribution in [0.2, 0.25) is 5.02 Å². The summed E-state index contributed by atoms with van der Waals surface area (Å²) >= 11 is 6.64. The van der Waals surface area contributed by atoms with Crippen LogP contribution in [0.5, 0.6) is 17.2 Å². The summed E-state index contributed by atoms with van der Waals surface area (Å²) in [6.45, 7) is 15.1. The molecule has 0 spiro atoms. The molecule has 3 aromatic carbocycles. The molecule has 8 heteroatoms. The van der Waals surface area contributed by atoms with Gasteiger partial charge < -0.3 is 14.2 Å². The van der Waals surface area contributed by atoms with Crippen molar-refractivity contribution >= 4 is 28.7 Å².